The number of nitrogens with zero attached hydrogens (tertiary/aromatic N) is 1. The second-order valence-electron chi connectivity index (χ2n) is 7.47. The zero-order chi connectivity index (χ0) is 16.8. The fourth-order valence-electron chi connectivity index (χ4n) is 2.87. The van der Waals surface area contributed by atoms with E-state index in [2.05, 4.69) is 25.4 Å². The van der Waals surface area contributed by atoms with Crippen LogP contribution < -0.4 is 5.32 Å². The predicted octanol–water partition coefficient (Wildman–Crippen LogP) is 3.75. The molecule has 0 spiro atoms. The Balaban J connectivity index is 2.46. The Morgan fingerprint density at radius 2 is 2.09 bits per heavy atom. The summed E-state index contributed by atoms with van der Waals surface area (Å²) in [5.41, 5.74) is -0.416. The molecule has 1 fully saturated rings. The molecule has 0 radical (unpaired) electrons. The number of piperidine rings is 1. The van der Waals surface area contributed by atoms with Gasteiger partial charge in [0, 0.05) is 25.2 Å². The van der Waals surface area contributed by atoms with E-state index in [-0.39, 0.29) is 6.09 Å². The lowest BCUT2D eigenvalue weighted by molar-refractivity contribution is 0.0146. The van der Waals surface area contributed by atoms with E-state index in [0.717, 1.165) is 19.5 Å². The van der Waals surface area contributed by atoms with E-state index in [9.17, 15) is 4.79 Å². The van der Waals surface area contributed by atoms with Gasteiger partial charge in [-0.1, -0.05) is 0 Å². The summed E-state index contributed by atoms with van der Waals surface area (Å²) in [6.07, 6.45) is 5.42. The van der Waals surface area contributed by atoms with Crippen molar-refractivity contribution in [3.8, 4) is 0 Å². The van der Waals surface area contributed by atoms with E-state index in [4.69, 9.17) is 4.74 Å². The van der Waals surface area contributed by atoms with Crippen LogP contribution in [-0.4, -0.2) is 53.8 Å². The largest absolute Gasteiger partial charge is 0.444 e. The van der Waals surface area contributed by atoms with Crippen molar-refractivity contribution >= 4 is 17.9 Å². The van der Waals surface area contributed by atoms with Crippen LogP contribution in [0.2, 0.25) is 0 Å². The van der Waals surface area contributed by atoms with E-state index < -0.39 is 5.60 Å². The van der Waals surface area contributed by atoms with Crippen molar-refractivity contribution in [1.29, 1.82) is 0 Å². The Hall–Kier alpha value is -0.420. The van der Waals surface area contributed by atoms with Crippen molar-refractivity contribution in [3.05, 3.63) is 0 Å². The summed E-state index contributed by atoms with van der Waals surface area (Å²) in [7, 11) is 0. The summed E-state index contributed by atoms with van der Waals surface area (Å²) < 4.78 is 5.50. The number of hydrogen-bond donors (Lipinski definition) is 1. The van der Waals surface area contributed by atoms with E-state index in [1.165, 1.54) is 18.6 Å². The van der Waals surface area contributed by atoms with E-state index in [1.54, 1.807) is 0 Å². The predicted molar refractivity (Wildman–Crippen MR) is 95.6 cm³/mol. The Bertz CT molecular complexity index is 344. The van der Waals surface area contributed by atoms with Gasteiger partial charge in [0.05, 0.1) is 0 Å². The number of carbonyl (C=O) groups is 1. The van der Waals surface area contributed by atoms with Crippen molar-refractivity contribution in [2.75, 3.05) is 25.1 Å². The molecule has 22 heavy (non-hydrogen) atoms. The Kier molecular flexibility index (Phi) is 8.04. The molecule has 0 saturated carbocycles. The maximum atomic E-state index is 12.2. The lowest BCUT2D eigenvalue weighted by Gasteiger charge is -2.37. The zero-order valence-corrected chi connectivity index (χ0v) is 16.0. The normalized spacial score (nSPS) is 22.3. The fraction of sp³-hybridized carbons (Fsp3) is 0.941. The third-order valence-corrected chi connectivity index (χ3v) is 4.76. The van der Waals surface area contributed by atoms with E-state index in [0.29, 0.717) is 18.0 Å². The summed E-state index contributed by atoms with van der Waals surface area (Å²) in [6.45, 7) is 11.9. The highest BCUT2D eigenvalue weighted by Crippen LogP contribution is 2.22. The van der Waals surface area contributed by atoms with Crippen LogP contribution in [0.5, 0.6) is 0 Å². The van der Waals surface area contributed by atoms with Crippen LogP contribution in [0.15, 0.2) is 0 Å². The number of thioether (sulfide) groups is 1. The molecule has 1 heterocycles. The maximum absolute atomic E-state index is 12.2. The SMILES string of the molecule is CSCCC(C)NC(C)C1CCCN(C(=O)OC(C)(C)C)C1. The number of nitrogens with one attached hydrogen (secondary N) is 1. The van der Waals surface area contributed by atoms with Gasteiger partial charge in [-0.2, -0.15) is 11.8 Å². The molecule has 0 bridgehead atoms. The molecule has 5 heteroatoms. The van der Waals surface area contributed by atoms with Gasteiger partial charge < -0.3 is 15.0 Å². The molecule has 3 unspecified atom stereocenters. The molecule has 0 aromatic heterocycles. The second kappa shape index (κ2) is 9.02. The third kappa shape index (κ3) is 7.23. The maximum Gasteiger partial charge on any atom is 0.410 e. The van der Waals surface area contributed by atoms with Crippen molar-refractivity contribution in [2.45, 2.75) is 71.6 Å². The van der Waals surface area contributed by atoms with Gasteiger partial charge >= 0.3 is 6.09 Å². The van der Waals surface area contributed by atoms with Crippen molar-refractivity contribution in [1.82, 2.24) is 10.2 Å². The molecule has 1 aliphatic heterocycles. The third-order valence-electron chi connectivity index (χ3n) is 4.12. The number of ether oxygens (including phenoxy) is 1. The van der Waals surface area contributed by atoms with Crippen LogP contribution >= 0.6 is 11.8 Å². The minimum Gasteiger partial charge on any atom is -0.444 e. The molecule has 130 valence electrons. The molecule has 0 aromatic carbocycles. The molecule has 3 atom stereocenters. The summed E-state index contributed by atoms with van der Waals surface area (Å²) in [5.74, 6) is 1.70. The number of hydrogen-bond acceptors (Lipinski definition) is 4. The van der Waals surface area contributed by atoms with Crippen LogP contribution in [0.25, 0.3) is 0 Å². The average Bonchev–Trinajstić information content (AvgIpc) is 2.43. The van der Waals surface area contributed by atoms with Gasteiger partial charge in [-0.15, -0.1) is 0 Å². The summed E-state index contributed by atoms with van der Waals surface area (Å²) >= 11 is 1.89. The molecule has 1 rings (SSSR count). The highest BCUT2D eigenvalue weighted by Gasteiger charge is 2.30. The first kappa shape index (κ1) is 19.6. The summed E-state index contributed by atoms with van der Waals surface area (Å²) in [4.78, 5) is 14.1. The lowest BCUT2D eigenvalue weighted by atomic mass is 9.91. The molecule has 0 aliphatic carbocycles. The van der Waals surface area contributed by atoms with Gasteiger partial charge in [0.15, 0.2) is 0 Å². The van der Waals surface area contributed by atoms with E-state index in [1.807, 2.05) is 37.4 Å². The Morgan fingerprint density at radius 1 is 1.41 bits per heavy atom. The van der Waals surface area contributed by atoms with Crippen LogP contribution in [0, 0.1) is 5.92 Å². The van der Waals surface area contributed by atoms with Crippen LogP contribution in [0.3, 0.4) is 0 Å². The number of likely N-dealkylation sites (tertiary alicyclic amines) is 1. The number of amides is 1. The zero-order valence-electron chi connectivity index (χ0n) is 15.1. The summed E-state index contributed by atoms with van der Waals surface area (Å²) in [5, 5.41) is 3.70. The molecule has 4 nitrogen and oxygen atoms in total. The van der Waals surface area contributed by atoms with Gasteiger partial charge in [-0.25, -0.2) is 4.79 Å². The fourth-order valence-corrected chi connectivity index (χ4v) is 3.46. The Morgan fingerprint density at radius 3 is 2.68 bits per heavy atom. The van der Waals surface area contributed by atoms with Crippen LogP contribution in [0.1, 0.15) is 53.9 Å². The standard InChI is InChI=1S/C17H34N2O2S/c1-13(9-11-22-6)18-14(2)15-8-7-10-19(12-15)16(20)21-17(3,4)5/h13-15,18H,7-12H2,1-6H3. The second-order valence-corrected chi connectivity index (χ2v) is 8.45. The van der Waals surface area contributed by atoms with E-state index >= 15 is 0 Å². The summed E-state index contributed by atoms with van der Waals surface area (Å²) in [6, 6.07) is 0.960. The molecule has 1 N–H and O–H groups in total. The quantitative estimate of drug-likeness (QED) is 0.805. The Labute approximate surface area is 140 Å². The minimum atomic E-state index is -0.416. The van der Waals surface area contributed by atoms with Gasteiger partial charge in [0.25, 0.3) is 0 Å². The molecule has 0 aromatic rings. The molecule has 1 saturated heterocycles. The van der Waals surface area contributed by atoms with Crippen molar-refractivity contribution in [2.24, 2.45) is 5.92 Å². The lowest BCUT2D eigenvalue weighted by Crippen LogP contribution is -2.49. The first-order valence-electron chi connectivity index (χ1n) is 8.46. The van der Waals surface area contributed by atoms with Crippen LogP contribution in [0.4, 0.5) is 4.79 Å². The highest BCUT2D eigenvalue weighted by molar-refractivity contribution is 7.98. The van der Waals surface area contributed by atoms with Gasteiger partial charge in [0.2, 0.25) is 0 Å². The minimum absolute atomic E-state index is 0.167. The molecule has 1 aliphatic rings. The average molecular weight is 331 g/mol. The molecule has 1 amide bonds. The highest BCUT2D eigenvalue weighted by atomic mass is 32.2. The smallest absolute Gasteiger partial charge is 0.410 e. The number of rotatable bonds is 6. The topological polar surface area (TPSA) is 41.6 Å². The number of carbonyl (C=O) groups excluding carboxylic acids is 1. The monoisotopic (exact) mass is 330 g/mol. The first-order chi connectivity index (χ1) is 10.2. The van der Waals surface area contributed by atoms with Crippen LogP contribution in [-0.2, 0) is 4.74 Å². The van der Waals surface area contributed by atoms with Gasteiger partial charge in [0.1, 0.15) is 5.60 Å². The first-order valence-corrected chi connectivity index (χ1v) is 9.85. The van der Waals surface area contributed by atoms with Gasteiger partial charge in [-0.3, -0.25) is 0 Å². The van der Waals surface area contributed by atoms with Crippen molar-refractivity contribution < 1.29 is 9.53 Å². The molecular weight excluding hydrogens is 296 g/mol. The van der Waals surface area contributed by atoms with Crippen molar-refractivity contribution in [3.63, 3.8) is 0 Å². The van der Waals surface area contributed by atoms with Gasteiger partial charge in [-0.05, 0) is 71.8 Å². The molecular formula is C17H34N2O2S.